The van der Waals surface area contributed by atoms with Crippen molar-refractivity contribution in [3.8, 4) is 5.75 Å². The molecule has 1 aliphatic rings. The first-order valence-electron chi connectivity index (χ1n) is 9.07. The summed E-state index contributed by atoms with van der Waals surface area (Å²) in [6, 6.07) is 10.6. The highest BCUT2D eigenvalue weighted by Crippen LogP contribution is 2.31. The van der Waals surface area contributed by atoms with Gasteiger partial charge in [0.1, 0.15) is 5.75 Å². The summed E-state index contributed by atoms with van der Waals surface area (Å²) in [7, 11) is 1.60. The Bertz CT molecular complexity index is 1290. The van der Waals surface area contributed by atoms with Crippen LogP contribution >= 0.6 is 11.3 Å². The van der Waals surface area contributed by atoms with E-state index in [-0.39, 0.29) is 11.3 Å². The summed E-state index contributed by atoms with van der Waals surface area (Å²) in [5.74, 6) is 0.611. The summed E-state index contributed by atoms with van der Waals surface area (Å²) < 4.78 is 7.42. The quantitative estimate of drug-likeness (QED) is 0.667. The molecule has 6 nitrogen and oxygen atoms in total. The maximum atomic E-state index is 13.3. The first kappa shape index (κ1) is 19.0. The summed E-state index contributed by atoms with van der Waals surface area (Å²) >= 11 is 1.32. The van der Waals surface area contributed by atoms with Crippen LogP contribution in [-0.2, 0) is 4.79 Å². The van der Waals surface area contributed by atoms with Gasteiger partial charge in [-0.2, -0.15) is 0 Å². The summed E-state index contributed by atoms with van der Waals surface area (Å²) in [5.41, 5.74) is 2.71. The molecule has 0 fully saturated rings. The van der Waals surface area contributed by atoms with E-state index in [4.69, 9.17) is 4.74 Å². The zero-order chi connectivity index (χ0) is 20.5. The molecule has 1 aliphatic heterocycles. The largest absolute Gasteiger partial charge is 0.497 e. The Labute approximate surface area is 171 Å². The molecule has 1 aromatic carbocycles. The predicted octanol–water partition coefficient (Wildman–Crippen LogP) is 2.23. The lowest BCUT2D eigenvalue weighted by atomic mass is 9.93. The average molecular weight is 405 g/mol. The minimum atomic E-state index is -0.519. The van der Waals surface area contributed by atoms with Gasteiger partial charge in [0.25, 0.3) is 5.56 Å². The zero-order valence-corrected chi connectivity index (χ0v) is 17.1. The minimum Gasteiger partial charge on any atom is -0.497 e. The highest BCUT2D eigenvalue weighted by atomic mass is 32.1. The van der Waals surface area contributed by atoms with E-state index in [9.17, 15) is 9.59 Å². The van der Waals surface area contributed by atoms with Gasteiger partial charge in [-0.1, -0.05) is 23.5 Å². The van der Waals surface area contributed by atoms with Crippen LogP contribution in [0.2, 0.25) is 0 Å². The van der Waals surface area contributed by atoms with Crippen molar-refractivity contribution in [1.29, 1.82) is 0 Å². The van der Waals surface area contributed by atoms with Gasteiger partial charge >= 0.3 is 0 Å². The van der Waals surface area contributed by atoms with Gasteiger partial charge in [-0.05, 0) is 55.3 Å². The number of Topliss-reactive ketones (excluding diaryl/α,β-unsaturated/α-hetero) is 1. The SMILES string of the molecule is COc1ccc([C@H]2C(C(C)=O)=C(C)N=c3s/c(=C/c4ccncc4)c(=O)n32)cc1. The first-order valence-corrected chi connectivity index (χ1v) is 9.88. The van der Waals surface area contributed by atoms with E-state index < -0.39 is 6.04 Å². The van der Waals surface area contributed by atoms with Crippen LogP contribution in [0.15, 0.2) is 69.8 Å². The Morgan fingerprint density at radius 2 is 1.86 bits per heavy atom. The Hall–Kier alpha value is -3.32. The van der Waals surface area contributed by atoms with Crippen LogP contribution in [0, 0.1) is 0 Å². The molecular weight excluding hydrogens is 386 g/mol. The number of benzene rings is 1. The van der Waals surface area contributed by atoms with Crippen molar-refractivity contribution in [1.82, 2.24) is 9.55 Å². The predicted molar refractivity (Wildman–Crippen MR) is 112 cm³/mol. The molecule has 0 amide bonds. The standard InChI is InChI=1S/C22H19N3O3S/c1-13-19(14(2)26)20(16-4-6-17(28-3)7-5-16)25-21(27)18(29-22(25)24-13)12-15-8-10-23-11-9-15/h4-12,20H,1-3H3/b18-12+/t20-/m0/s1. The van der Waals surface area contributed by atoms with Crippen LogP contribution in [0.5, 0.6) is 5.75 Å². The molecule has 146 valence electrons. The Balaban J connectivity index is 1.96. The summed E-state index contributed by atoms with van der Waals surface area (Å²) in [4.78, 5) is 34.9. The van der Waals surface area contributed by atoms with Gasteiger partial charge in [0.05, 0.1) is 17.7 Å². The number of ether oxygens (including phenoxy) is 1. The molecule has 0 saturated heterocycles. The van der Waals surface area contributed by atoms with E-state index in [1.807, 2.05) is 49.4 Å². The minimum absolute atomic E-state index is 0.101. The molecule has 7 heteroatoms. The van der Waals surface area contributed by atoms with Crippen molar-refractivity contribution in [2.45, 2.75) is 19.9 Å². The van der Waals surface area contributed by atoms with E-state index in [1.54, 1.807) is 24.1 Å². The smallest absolute Gasteiger partial charge is 0.271 e. The molecule has 0 aliphatic carbocycles. The van der Waals surface area contributed by atoms with Crippen molar-refractivity contribution >= 4 is 23.2 Å². The van der Waals surface area contributed by atoms with Gasteiger partial charge in [0, 0.05) is 23.7 Å². The number of aromatic nitrogens is 2. The lowest BCUT2D eigenvalue weighted by Gasteiger charge is -2.24. The highest BCUT2D eigenvalue weighted by Gasteiger charge is 2.30. The number of hydrogen-bond acceptors (Lipinski definition) is 6. The van der Waals surface area contributed by atoms with Crippen LogP contribution in [0.1, 0.15) is 31.0 Å². The van der Waals surface area contributed by atoms with Gasteiger partial charge < -0.3 is 4.74 Å². The molecule has 0 bridgehead atoms. The number of thiazole rings is 1. The van der Waals surface area contributed by atoms with Crippen molar-refractivity contribution in [2.75, 3.05) is 7.11 Å². The van der Waals surface area contributed by atoms with Crippen LogP contribution in [-0.4, -0.2) is 22.4 Å². The number of nitrogens with zero attached hydrogens (tertiary/aromatic N) is 3. The third kappa shape index (κ3) is 3.45. The molecule has 0 unspecified atom stereocenters. The van der Waals surface area contributed by atoms with Crippen LogP contribution < -0.4 is 19.6 Å². The number of hydrogen-bond donors (Lipinski definition) is 0. The van der Waals surface area contributed by atoms with Crippen molar-refractivity contribution in [2.24, 2.45) is 4.99 Å². The van der Waals surface area contributed by atoms with E-state index in [0.29, 0.717) is 26.4 Å². The fourth-order valence-electron chi connectivity index (χ4n) is 3.48. The molecule has 0 spiro atoms. The Morgan fingerprint density at radius 1 is 1.17 bits per heavy atom. The van der Waals surface area contributed by atoms with Crippen LogP contribution in [0.4, 0.5) is 0 Å². The average Bonchev–Trinajstić information content (AvgIpc) is 3.02. The molecule has 3 aromatic rings. The molecule has 1 atom stereocenters. The Morgan fingerprint density at radius 3 is 2.48 bits per heavy atom. The monoisotopic (exact) mass is 405 g/mol. The van der Waals surface area contributed by atoms with Crippen molar-refractivity contribution in [3.63, 3.8) is 0 Å². The van der Waals surface area contributed by atoms with Gasteiger partial charge in [0.2, 0.25) is 0 Å². The molecule has 29 heavy (non-hydrogen) atoms. The summed E-state index contributed by atoms with van der Waals surface area (Å²) in [5, 5.41) is 0. The Kier molecular flexibility index (Phi) is 4.98. The van der Waals surface area contributed by atoms with Crippen molar-refractivity contribution < 1.29 is 9.53 Å². The van der Waals surface area contributed by atoms with Gasteiger partial charge in [0.15, 0.2) is 10.6 Å². The van der Waals surface area contributed by atoms with Gasteiger partial charge in [-0.3, -0.25) is 19.1 Å². The highest BCUT2D eigenvalue weighted by molar-refractivity contribution is 7.07. The number of methoxy groups -OCH3 is 1. The third-order valence-corrected chi connectivity index (χ3v) is 5.82. The van der Waals surface area contributed by atoms with Gasteiger partial charge in [-0.15, -0.1) is 0 Å². The molecule has 0 saturated carbocycles. The number of carbonyl (C=O) groups excluding carboxylic acids is 1. The summed E-state index contributed by atoms with van der Waals surface area (Å²) in [6.45, 7) is 3.32. The van der Waals surface area contributed by atoms with Crippen LogP contribution in [0.25, 0.3) is 6.08 Å². The normalized spacial score (nSPS) is 16.4. The van der Waals surface area contributed by atoms with E-state index in [1.165, 1.54) is 18.3 Å². The number of pyridine rings is 1. The number of allylic oxidation sites excluding steroid dienone is 2. The van der Waals surface area contributed by atoms with Crippen molar-refractivity contribution in [3.05, 3.63) is 90.9 Å². The fraction of sp³-hybridized carbons (Fsp3) is 0.182. The lowest BCUT2D eigenvalue weighted by molar-refractivity contribution is -0.114. The second-order valence-electron chi connectivity index (χ2n) is 6.69. The lowest BCUT2D eigenvalue weighted by Crippen LogP contribution is -2.39. The maximum absolute atomic E-state index is 13.3. The molecule has 0 radical (unpaired) electrons. The number of rotatable bonds is 4. The number of ketones is 1. The fourth-order valence-corrected chi connectivity index (χ4v) is 4.53. The third-order valence-electron chi connectivity index (χ3n) is 4.84. The molecule has 4 rings (SSSR count). The summed E-state index contributed by atoms with van der Waals surface area (Å²) in [6.07, 6.45) is 5.19. The molecular formula is C22H19N3O3S. The molecule has 0 N–H and O–H groups in total. The first-order chi connectivity index (χ1) is 14.0. The van der Waals surface area contributed by atoms with E-state index in [0.717, 1.165) is 11.1 Å². The molecule has 2 aromatic heterocycles. The molecule has 3 heterocycles. The van der Waals surface area contributed by atoms with E-state index >= 15 is 0 Å². The second kappa shape index (κ2) is 7.60. The zero-order valence-electron chi connectivity index (χ0n) is 16.2. The second-order valence-corrected chi connectivity index (χ2v) is 7.70. The van der Waals surface area contributed by atoms with Crippen LogP contribution in [0.3, 0.4) is 0 Å². The number of carbonyl (C=O) groups is 1. The van der Waals surface area contributed by atoms with E-state index in [2.05, 4.69) is 9.98 Å². The maximum Gasteiger partial charge on any atom is 0.271 e. The van der Waals surface area contributed by atoms with Gasteiger partial charge in [-0.25, -0.2) is 4.99 Å². The number of fused-ring (bicyclic) bond motifs is 1. The topological polar surface area (TPSA) is 73.6 Å².